The number of nitrogen functional groups attached to an aromatic ring is 1. The zero-order chi connectivity index (χ0) is 18.6. The molecule has 0 unspecified atom stereocenters. The summed E-state index contributed by atoms with van der Waals surface area (Å²) in [5, 5.41) is 0. The molecule has 0 spiro atoms. The third kappa shape index (κ3) is 2.12. The summed E-state index contributed by atoms with van der Waals surface area (Å²) in [5.41, 5.74) is 6.36. The molecule has 2 N–H and O–H groups in total. The lowest BCUT2D eigenvalue weighted by Gasteiger charge is -2.07. The van der Waals surface area contributed by atoms with Gasteiger partial charge in [-0.05, 0) is 0 Å². The maximum atomic E-state index is 12.5. The van der Waals surface area contributed by atoms with E-state index in [0.717, 1.165) is 4.57 Å². The van der Waals surface area contributed by atoms with Crippen molar-refractivity contribution in [1.29, 1.82) is 0 Å². The fraction of sp³-hybridized carbons (Fsp3) is 0.286. The first-order valence-electron chi connectivity index (χ1n) is 7.94. The lowest BCUT2D eigenvalue weighted by molar-refractivity contribution is 0.593. The highest BCUT2D eigenvalue weighted by Gasteiger charge is 2.14. The summed E-state index contributed by atoms with van der Waals surface area (Å²) in [6, 6.07) is 0. The molecule has 128 valence electrons. The number of rotatable bonds is 3. The number of nitrogens with zero attached hydrogens (tertiary/aromatic N) is 8. The first-order chi connectivity index (χ1) is 12.4. The van der Waals surface area contributed by atoms with Crippen molar-refractivity contribution in [1.82, 2.24) is 38.2 Å². The van der Waals surface area contributed by atoms with E-state index in [-0.39, 0.29) is 12.1 Å². The summed E-state index contributed by atoms with van der Waals surface area (Å²) in [4.78, 5) is 40.7. The first-order valence-corrected chi connectivity index (χ1v) is 7.44. The fourth-order valence-electron chi connectivity index (χ4n) is 2.78. The Kier molecular flexibility index (Phi) is 2.92. The highest BCUT2D eigenvalue weighted by atomic mass is 16.2. The van der Waals surface area contributed by atoms with Crippen LogP contribution in [-0.2, 0) is 27.2 Å². The zero-order valence-electron chi connectivity index (χ0n) is 14.5. The van der Waals surface area contributed by atoms with Crippen molar-refractivity contribution in [3.63, 3.8) is 0 Å². The predicted molar refractivity (Wildman–Crippen MR) is 90.0 cm³/mol. The Morgan fingerprint density at radius 2 is 1.80 bits per heavy atom. The van der Waals surface area contributed by atoms with Crippen LogP contribution in [0.4, 0.5) is 5.82 Å². The van der Waals surface area contributed by atoms with Gasteiger partial charge in [-0.15, -0.1) is 0 Å². The van der Waals surface area contributed by atoms with Gasteiger partial charge < -0.3 is 14.9 Å². The van der Waals surface area contributed by atoms with E-state index in [1.165, 1.54) is 24.3 Å². The van der Waals surface area contributed by atoms with E-state index in [9.17, 15) is 9.59 Å². The average Bonchev–Trinajstić information content (AvgIpc) is 3.18. The highest BCUT2D eigenvalue weighted by molar-refractivity contribution is 5.81. The maximum Gasteiger partial charge on any atom is 0.332 e. The second-order valence-electron chi connectivity index (χ2n) is 5.61. The molecule has 0 atom stereocenters. The molecule has 0 amide bonds. The van der Waals surface area contributed by atoms with Gasteiger partial charge in [-0.25, -0.2) is 24.7 Å². The van der Waals surface area contributed by atoms with Crippen molar-refractivity contribution >= 4 is 28.1 Å². The molecule has 25 heavy (non-hydrogen) atoms. The minimum Gasteiger partial charge on any atom is -0.382 e. The quantitative estimate of drug-likeness (QED) is 0.497. The second-order valence-corrected chi connectivity index (χ2v) is 5.61. The fourth-order valence-corrected chi connectivity index (χ4v) is 2.78. The second kappa shape index (κ2) is 5.26. The van der Waals surface area contributed by atoms with E-state index in [2.05, 4.69) is 19.9 Å². The number of fused-ring (bicyclic) bond motifs is 2. The van der Waals surface area contributed by atoms with Crippen LogP contribution in [0, 0.1) is 0 Å². The molecule has 0 aliphatic carbocycles. The highest BCUT2D eigenvalue weighted by Crippen LogP contribution is 2.14. The summed E-state index contributed by atoms with van der Waals surface area (Å²) >= 11 is 0. The third-order valence-corrected chi connectivity index (χ3v) is 4.15. The van der Waals surface area contributed by atoms with Crippen LogP contribution in [0.3, 0.4) is 0 Å². The van der Waals surface area contributed by atoms with Gasteiger partial charge in [-0.2, -0.15) is 0 Å². The van der Waals surface area contributed by atoms with E-state index >= 15 is 0 Å². The summed E-state index contributed by atoms with van der Waals surface area (Å²) < 4.78 is 13.6. The van der Waals surface area contributed by atoms with Crippen molar-refractivity contribution in [2.45, 2.75) is 13.1 Å². The molecule has 4 heterocycles. The zero-order valence-corrected chi connectivity index (χ0v) is 13.5. The van der Waals surface area contributed by atoms with Gasteiger partial charge in [0.2, 0.25) is 0 Å². The Balaban J connectivity index is 1.79. The average molecular weight is 342 g/mol. The molecule has 11 heteroatoms. The minimum absolute atomic E-state index is 0.00285. The van der Waals surface area contributed by atoms with Crippen molar-refractivity contribution in [3.8, 4) is 0 Å². The van der Waals surface area contributed by atoms with Crippen LogP contribution in [0.2, 0.25) is 0 Å². The summed E-state index contributed by atoms with van der Waals surface area (Å²) in [7, 11) is 2.98. The minimum atomic E-state index is -0.436. The SMILES string of the molecule is [2H]c1nc2c(N)ncnc2n1CCn1cnc2c1c(=O)n(C)c(=O)n2C. The maximum absolute atomic E-state index is 12.5. The first kappa shape index (κ1) is 13.9. The number of anilines is 1. The molecular weight excluding hydrogens is 326 g/mol. The van der Waals surface area contributed by atoms with Crippen molar-refractivity contribution in [2.24, 2.45) is 14.1 Å². The molecule has 0 aromatic carbocycles. The lowest BCUT2D eigenvalue weighted by Crippen LogP contribution is -2.37. The van der Waals surface area contributed by atoms with Crippen molar-refractivity contribution < 1.29 is 1.37 Å². The van der Waals surface area contributed by atoms with E-state index < -0.39 is 11.2 Å². The summed E-state index contributed by atoms with van der Waals surface area (Å²) in [6.45, 7) is 0.661. The number of aryl methyl sites for hydroxylation is 3. The van der Waals surface area contributed by atoms with Crippen LogP contribution in [0.5, 0.6) is 0 Å². The number of aromatic nitrogens is 8. The normalized spacial score (nSPS) is 12.2. The molecule has 4 aromatic heterocycles. The monoisotopic (exact) mass is 342 g/mol. The van der Waals surface area contributed by atoms with Gasteiger partial charge in [-0.1, -0.05) is 0 Å². The van der Waals surface area contributed by atoms with E-state index in [4.69, 9.17) is 7.10 Å². The van der Waals surface area contributed by atoms with Gasteiger partial charge in [0, 0.05) is 27.2 Å². The third-order valence-electron chi connectivity index (χ3n) is 4.15. The Morgan fingerprint density at radius 1 is 1.04 bits per heavy atom. The standard InChI is InChI=1S/C14H15N9O2/c1-20-12-9(13(24)21(2)14(20)25)22(7-19-12)3-4-23-6-18-8-10(15)16-5-17-11(8)23/h5-7H,3-4H2,1-2H3,(H2,15,16,17)/i6D. The molecule has 11 nitrogen and oxygen atoms in total. The van der Waals surface area contributed by atoms with Gasteiger partial charge in [0.05, 0.1) is 12.6 Å². The van der Waals surface area contributed by atoms with Crippen LogP contribution in [0.25, 0.3) is 22.3 Å². The smallest absolute Gasteiger partial charge is 0.332 e. The molecule has 0 aliphatic heterocycles. The van der Waals surface area contributed by atoms with Crippen LogP contribution >= 0.6 is 0 Å². The molecule has 4 rings (SSSR count). The van der Waals surface area contributed by atoms with E-state index in [1.807, 2.05) is 0 Å². The topological polar surface area (TPSA) is 131 Å². The van der Waals surface area contributed by atoms with Gasteiger partial charge in [-0.3, -0.25) is 13.9 Å². The largest absolute Gasteiger partial charge is 0.382 e. The molecule has 4 aromatic rings. The van der Waals surface area contributed by atoms with Gasteiger partial charge in [0.1, 0.15) is 13.2 Å². The van der Waals surface area contributed by atoms with Crippen molar-refractivity contribution in [3.05, 3.63) is 39.8 Å². The van der Waals surface area contributed by atoms with Crippen LogP contribution < -0.4 is 17.0 Å². The molecule has 0 saturated heterocycles. The van der Waals surface area contributed by atoms with Gasteiger partial charge >= 0.3 is 5.69 Å². The Labute approximate surface area is 141 Å². The van der Waals surface area contributed by atoms with Crippen molar-refractivity contribution in [2.75, 3.05) is 5.73 Å². The predicted octanol–water partition coefficient (Wildman–Crippen LogP) is -1.14. The lowest BCUT2D eigenvalue weighted by atomic mass is 10.4. The summed E-state index contributed by atoms with van der Waals surface area (Å²) in [5.74, 6) is 0.208. The number of hydrogen-bond acceptors (Lipinski definition) is 7. The van der Waals surface area contributed by atoms with Gasteiger partial charge in [0.15, 0.2) is 22.6 Å². The molecular formula is C14H15N9O2. The molecule has 0 bridgehead atoms. The van der Waals surface area contributed by atoms with E-state index in [1.54, 1.807) is 16.2 Å². The molecule has 0 radical (unpaired) electrons. The number of nitrogens with two attached hydrogens (primary N) is 1. The van der Waals surface area contributed by atoms with Crippen LogP contribution in [-0.4, -0.2) is 38.2 Å². The Bertz CT molecular complexity index is 1280. The number of hydrogen-bond donors (Lipinski definition) is 1. The molecule has 0 fully saturated rings. The van der Waals surface area contributed by atoms with Crippen LogP contribution in [0.15, 0.2) is 28.5 Å². The van der Waals surface area contributed by atoms with Crippen LogP contribution in [0.1, 0.15) is 1.37 Å². The molecule has 0 saturated carbocycles. The number of imidazole rings is 2. The Morgan fingerprint density at radius 3 is 2.60 bits per heavy atom. The van der Waals surface area contributed by atoms with Gasteiger partial charge in [0.25, 0.3) is 5.56 Å². The Hall–Kier alpha value is -3.50. The summed E-state index contributed by atoms with van der Waals surface area (Å²) in [6.07, 6.45) is 2.81. The molecule has 0 aliphatic rings. The van der Waals surface area contributed by atoms with E-state index in [0.29, 0.717) is 35.4 Å².